The molecule has 1 aromatic carbocycles. The van der Waals surface area contributed by atoms with Crippen LogP contribution in [0.25, 0.3) is 0 Å². The van der Waals surface area contributed by atoms with Crippen LogP contribution in [0.2, 0.25) is 0 Å². The van der Waals surface area contributed by atoms with Crippen molar-refractivity contribution in [3.8, 4) is 0 Å². The summed E-state index contributed by atoms with van der Waals surface area (Å²) in [6, 6.07) is 9.94. The van der Waals surface area contributed by atoms with E-state index in [4.69, 9.17) is 0 Å². The molecular formula is C17H17N3O4S. The summed E-state index contributed by atoms with van der Waals surface area (Å²) in [7, 11) is 0. The molecule has 2 N–H and O–H groups in total. The Kier molecular flexibility index (Phi) is 4.54. The van der Waals surface area contributed by atoms with Gasteiger partial charge in [0, 0.05) is 28.8 Å². The molecule has 0 unspecified atom stereocenters. The van der Waals surface area contributed by atoms with Gasteiger partial charge >= 0.3 is 0 Å². The minimum absolute atomic E-state index is 0.284. The van der Waals surface area contributed by atoms with Crippen molar-refractivity contribution in [2.24, 2.45) is 0 Å². The van der Waals surface area contributed by atoms with Gasteiger partial charge in [0.1, 0.15) is 11.5 Å². The van der Waals surface area contributed by atoms with Gasteiger partial charge in [-0.3, -0.25) is 19.7 Å². The topological polar surface area (TPSA) is 101 Å². The summed E-state index contributed by atoms with van der Waals surface area (Å²) in [6.45, 7) is 0.761. The number of rotatable bonds is 6. The molecule has 1 aromatic heterocycles. The van der Waals surface area contributed by atoms with Crippen LogP contribution in [0.1, 0.15) is 17.4 Å². The van der Waals surface area contributed by atoms with Gasteiger partial charge in [0.15, 0.2) is 0 Å². The monoisotopic (exact) mass is 359 g/mol. The summed E-state index contributed by atoms with van der Waals surface area (Å²) in [5.74, 6) is -0.739. The molecule has 2 atom stereocenters. The Morgan fingerprint density at radius 1 is 1.36 bits per heavy atom. The number of nitrogens with zero attached hydrogens (tertiary/aromatic N) is 1. The van der Waals surface area contributed by atoms with Crippen LogP contribution < -0.4 is 10.6 Å². The smallest absolute Gasteiger partial charge is 0.237 e. The standard InChI is InChI=1S/C17H17N3O4S/c1-11(21)18-15(10-20(23)24)17(9-12-5-4-8-25-12)13-6-2-3-7-14(13)19-16(17)22/h2-8,15H,9-10H2,1H3,(H,18,21)(H,19,22)/t15-,17-/m1/s1. The highest BCUT2D eigenvalue weighted by Gasteiger charge is 2.54. The zero-order chi connectivity index (χ0) is 18.0. The van der Waals surface area contributed by atoms with E-state index in [1.165, 1.54) is 18.3 Å². The first-order valence-electron chi connectivity index (χ1n) is 7.75. The third-order valence-electron chi connectivity index (χ3n) is 4.40. The Balaban J connectivity index is 2.16. The number of nitro groups is 1. The normalized spacial score (nSPS) is 19.8. The maximum atomic E-state index is 13.0. The second-order valence-electron chi connectivity index (χ2n) is 6.00. The summed E-state index contributed by atoms with van der Waals surface area (Å²) in [4.78, 5) is 36.4. The molecule has 0 saturated heterocycles. The minimum Gasteiger partial charge on any atom is -0.346 e. The lowest BCUT2D eigenvalue weighted by atomic mass is 9.72. The molecule has 130 valence electrons. The highest BCUT2D eigenvalue weighted by molar-refractivity contribution is 7.09. The average molecular weight is 359 g/mol. The van der Waals surface area contributed by atoms with Gasteiger partial charge < -0.3 is 10.6 Å². The predicted octanol–water partition coefficient (Wildman–Crippen LogP) is 1.96. The van der Waals surface area contributed by atoms with Crippen LogP contribution >= 0.6 is 11.3 Å². The highest BCUT2D eigenvalue weighted by atomic mass is 32.1. The fourth-order valence-corrected chi connectivity index (χ4v) is 4.19. The van der Waals surface area contributed by atoms with Gasteiger partial charge in [-0.05, 0) is 23.1 Å². The SMILES string of the molecule is CC(=O)N[C@H](C[N+](=O)[O-])[C@]1(Cc2cccs2)C(=O)Nc2ccccc21. The van der Waals surface area contributed by atoms with Crippen LogP contribution in [0.15, 0.2) is 41.8 Å². The number of carbonyl (C=O) groups is 2. The zero-order valence-corrected chi connectivity index (χ0v) is 14.3. The van der Waals surface area contributed by atoms with Gasteiger partial charge in [0.2, 0.25) is 18.4 Å². The third-order valence-corrected chi connectivity index (χ3v) is 5.27. The predicted molar refractivity (Wildman–Crippen MR) is 94.2 cm³/mol. The molecule has 0 aliphatic carbocycles. The number of anilines is 1. The van der Waals surface area contributed by atoms with E-state index in [-0.39, 0.29) is 12.3 Å². The molecule has 7 nitrogen and oxygen atoms in total. The van der Waals surface area contributed by atoms with E-state index in [1.54, 1.807) is 24.3 Å². The first kappa shape index (κ1) is 17.1. The van der Waals surface area contributed by atoms with Crippen LogP contribution in [0.4, 0.5) is 5.69 Å². The second kappa shape index (κ2) is 6.64. The Labute approximate surface area is 148 Å². The molecule has 2 aromatic rings. The Hall–Kier alpha value is -2.74. The fraction of sp³-hybridized carbons (Fsp3) is 0.294. The minimum atomic E-state index is -1.22. The summed E-state index contributed by atoms with van der Waals surface area (Å²) >= 11 is 1.48. The molecule has 8 heteroatoms. The second-order valence-corrected chi connectivity index (χ2v) is 7.03. The Morgan fingerprint density at radius 3 is 2.76 bits per heavy atom. The van der Waals surface area contributed by atoms with Crippen LogP contribution in [-0.4, -0.2) is 29.3 Å². The van der Waals surface area contributed by atoms with Crippen molar-refractivity contribution >= 4 is 28.8 Å². The molecule has 3 rings (SSSR count). The highest BCUT2D eigenvalue weighted by Crippen LogP contribution is 2.43. The van der Waals surface area contributed by atoms with Gasteiger partial charge in [0.25, 0.3) is 0 Å². The molecule has 1 aliphatic heterocycles. The van der Waals surface area contributed by atoms with E-state index in [0.717, 1.165) is 4.88 Å². The number of benzene rings is 1. The van der Waals surface area contributed by atoms with E-state index in [2.05, 4.69) is 10.6 Å². The lowest BCUT2D eigenvalue weighted by Gasteiger charge is -2.33. The van der Waals surface area contributed by atoms with Gasteiger partial charge in [-0.2, -0.15) is 0 Å². The van der Waals surface area contributed by atoms with Gasteiger partial charge in [-0.25, -0.2) is 0 Å². The van der Waals surface area contributed by atoms with Crippen LogP contribution in [0.5, 0.6) is 0 Å². The molecule has 0 saturated carbocycles. The van der Waals surface area contributed by atoms with Gasteiger partial charge in [-0.15, -0.1) is 11.3 Å². The number of carbonyl (C=O) groups excluding carboxylic acids is 2. The number of nitrogens with one attached hydrogen (secondary N) is 2. The van der Waals surface area contributed by atoms with Crippen molar-refractivity contribution < 1.29 is 14.5 Å². The number of hydrogen-bond donors (Lipinski definition) is 2. The first-order valence-corrected chi connectivity index (χ1v) is 8.63. The first-order chi connectivity index (χ1) is 11.9. The number of fused-ring (bicyclic) bond motifs is 1. The number of amides is 2. The largest absolute Gasteiger partial charge is 0.346 e. The van der Waals surface area contributed by atoms with Crippen molar-refractivity contribution in [2.75, 3.05) is 11.9 Å². The van der Waals surface area contributed by atoms with E-state index >= 15 is 0 Å². The number of para-hydroxylation sites is 1. The zero-order valence-electron chi connectivity index (χ0n) is 13.5. The Morgan fingerprint density at radius 2 is 2.12 bits per heavy atom. The number of thiophene rings is 1. The lowest BCUT2D eigenvalue weighted by Crippen LogP contribution is -2.58. The van der Waals surface area contributed by atoms with E-state index in [1.807, 2.05) is 17.5 Å². The average Bonchev–Trinajstić information content (AvgIpc) is 3.13. The van der Waals surface area contributed by atoms with Crippen molar-refractivity contribution in [3.05, 3.63) is 62.3 Å². The number of hydrogen-bond acceptors (Lipinski definition) is 5. The maximum Gasteiger partial charge on any atom is 0.237 e. The van der Waals surface area contributed by atoms with Crippen molar-refractivity contribution in [2.45, 2.75) is 24.8 Å². The van der Waals surface area contributed by atoms with Crippen molar-refractivity contribution in [1.29, 1.82) is 0 Å². The van der Waals surface area contributed by atoms with Crippen LogP contribution in [-0.2, 0) is 21.4 Å². The van der Waals surface area contributed by atoms with Gasteiger partial charge in [0.05, 0.1) is 0 Å². The quantitative estimate of drug-likeness (QED) is 0.608. The van der Waals surface area contributed by atoms with E-state index in [9.17, 15) is 19.7 Å². The molecule has 0 fully saturated rings. The molecule has 0 spiro atoms. The molecule has 2 heterocycles. The fourth-order valence-electron chi connectivity index (χ4n) is 3.39. The molecule has 2 amide bonds. The van der Waals surface area contributed by atoms with Crippen LogP contribution in [0.3, 0.4) is 0 Å². The molecular weight excluding hydrogens is 342 g/mol. The maximum absolute atomic E-state index is 13.0. The molecule has 0 radical (unpaired) electrons. The van der Waals surface area contributed by atoms with E-state index < -0.39 is 28.8 Å². The Bertz CT molecular complexity index is 805. The molecule has 25 heavy (non-hydrogen) atoms. The summed E-state index contributed by atoms with van der Waals surface area (Å²) in [5.41, 5.74) is 0.0805. The van der Waals surface area contributed by atoms with Crippen molar-refractivity contribution in [3.63, 3.8) is 0 Å². The van der Waals surface area contributed by atoms with Crippen molar-refractivity contribution in [1.82, 2.24) is 5.32 Å². The summed E-state index contributed by atoms with van der Waals surface area (Å²) < 4.78 is 0. The van der Waals surface area contributed by atoms with E-state index in [0.29, 0.717) is 11.3 Å². The lowest BCUT2D eigenvalue weighted by molar-refractivity contribution is -0.484. The molecule has 0 bridgehead atoms. The summed E-state index contributed by atoms with van der Waals surface area (Å²) in [5, 5.41) is 18.6. The third kappa shape index (κ3) is 3.12. The van der Waals surface area contributed by atoms with Crippen LogP contribution in [0, 0.1) is 10.1 Å². The van der Waals surface area contributed by atoms with Gasteiger partial charge in [-0.1, -0.05) is 24.3 Å². The summed E-state index contributed by atoms with van der Waals surface area (Å²) in [6.07, 6.45) is 0.284. The molecule has 1 aliphatic rings.